The molecule has 1 aliphatic heterocycles. The van der Waals surface area contributed by atoms with Crippen molar-refractivity contribution in [3.05, 3.63) is 41.6 Å². The topological polar surface area (TPSA) is 52.1 Å². The predicted molar refractivity (Wildman–Crippen MR) is 83.7 cm³/mol. The molecule has 1 fully saturated rings. The van der Waals surface area contributed by atoms with Gasteiger partial charge in [-0.2, -0.15) is 5.10 Å². The van der Waals surface area contributed by atoms with Gasteiger partial charge < -0.3 is 5.11 Å². The first-order valence-corrected chi connectivity index (χ1v) is 7.95. The zero-order valence-corrected chi connectivity index (χ0v) is 13.1. The Morgan fingerprint density at radius 3 is 2.83 bits per heavy atom. The summed E-state index contributed by atoms with van der Waals surface area (Å²) < 4.78 is 28.0. The molecular weight excluding hydrogens is 300 g/mol. The zero-order chi connectivity index (χ0) is 16.4. The average molecular weight is 321 g/mol. The van der Waals surface area contributed by atoms with Crippen molar-refractivity contribution in [3.63, 3.8) is 0 Å². The van der Waals surface area contributed by atoms with Crippen molar-refractivity contribution in [3.8, 4) is 11.3 Å². The van der Waals surface area contributed by atoms with Gasteiger partial charge >= 0.3 is 0 Å². The smallest absolute Gasteiger partial charge is 0.135 e. The summed E-state index contributed by atoms with van der Waals surface area (Å²) in [5, 5.41) is 16.3. The Morgan fingerprint density at radius 2 is 2.13 bits per heavy atom. The Balaban J connectivity index is 1.84. The highest BCUT2D eigenvalue weighted by molar-refractivity contribution is 5.64. The van der Waals surface area contributed by atoms with E-state index in [2.05, 4.69) is 15.1 Å². The van der Waals surface area contributed by atoms with Gasteiger partial charge in [0.15, 0.2) is 0 Å². The molecule has 1 aromatic heterocycles. The lowest BCUT2D eigenvalue weighted by Gasteiger charge is -2.25. The van der Waals surface area contributed by atoms with Crippen LogP contribution >= 0.6 is 0 Å². The molecule has 4 nitrogen and oxygen atoms in total. The van der Waals surface area contributed by atoms with Gasteiger partial charge in [0.25, 0.3) is 0 Å². The standard InChI is InChI=1S/C17H21F2N3O/c1-11(23)8-13-4-3-7-22(13)10-12-9-20-21-17(12)16-14(18)5-2-6-15(16)19/h2,5-6,9,11,13,23H,3-4,7-8,10H2,1H3,(H,20,21). The molecule has 0 bridgehead atoms. The van der Waals surface area contributed by atoms with Gasteiger partial charge in [0.05, 0.1) is 23.6 Å². The Morgan fingerprint density at radius 1 is 1.39 bits per heavy atom. The SMILES string of the molecule is CC(O)CC1CCCN1Cc1cn[nH]c1-c1c(F)cccc1F. The Bertz CT molecular complexity index is 651. The monoisotopic (exact) mass is 321 g/mol. The number of H-pyrrole nitrogens is 1. The third-order valence-corrected chi connectivity index (χ3v) is 4.42. The minimum atomic E-state index is -0.600. The molecule has 1 saturated heterocycles. The van der Waals surface area contributed by atoms with E-state index in [0.717, 1.165) is 24.9 Å². The Labute approximate surface area is 134 Å². The number of halogens is 2. The fourth-order valence-electron chi connectivity index (χ4n) is 3.37. The Hall–Kier alpha value is -1.79. The number of hydrogen-bond donors (Lipinski definition) is 2. The van der Waals surface area contributed by atoms with E-state index in [4.69, 9.17) is 0 Å². The fraction of sp³-hybridized carbons (Fsp3) is 0.471. The number of aliphatic hydroxyl groups excluding tert-OH is 1. The summed E-state index contributed by atoms with van der Waals surface area (Å²) in [5.74, 6) is -1.20. The van der Waals surface area contributed by atoms with Crippen LogP contribution in [0.15, 0.2) is 24.4 Å². The number of aromatic amines is 1. The second-order valence-electron chi connectivity index (χ2n) is 6.22. The molecule has 2 unspecified atom stereocenters. The summed E-state index contributed by atoms with van der Waals surface area (Å²) in [6.07, 6.45) is 4.08. The van der Waals surface area contributed by atoms with Crippen LogP contribution in [-0.4, -0.2) is 38.9 Å². The van der Waals surface area contributed by atoms with Crippen molar-refractivity contribution in [1.82, 2.24) is 15.1 Å². The quantitative estimate of drug-likeness (QED) is 0.890. The van der Waals surface area contributed by atoms with Gasteiger partial charge in [0.1, 0.15) is 11.6 Å². The molecule has 0 aliphatic carbocycles. The maximum Gasteiger partial charge on any atom is 0.135 e. The van der Waals surface area contributed by atoms with E-state index >= 15 is 0 Å². The van der Waals surface area contributed by atoms with E-state index in [1.54, 1.807) is 13.1 Å². The lowest BCUT2D eigenvalue weighted by molar-refractivity contribution is 0.131. The molecule has 6 heteroatoms. The minimum absolute atomic E-state index is 0.0636. The summed E-state index contributed by atoms with van der Waals surface area (Å²) in [6.45, 7) is 3.27. The number of aromatic nitrogens is 2. The first-order valence-electron chi connectivity index (χ1n) is 7.95. The van der Waals surface area contributed by atoms with Crippen molar-refractivity contribution in [1.29, 1.82) is 0 Å². The number of rotatable bonds is 5. The third-order valence-electron chi connectivity index (χ3n) is 4.42. The van der Waals surface area contributed by atoms with Crippen molar-refractivity contribution in [2.45, 2.75) is 44.9 Å². The maximum atomic E-state index is 14.0. The fourth-order valence-corrected chi connectivity index (χ4v) is 3.37. The van der Waals surface area contributed by atoms with Crippen molar-refractivity contribution in [2.75, 3.05) is 6.54 Å². The summed E-state index contributed by atoms with van der Waals surface area (Å²) in [6, 6.07) is 4.14. The number of nitrogens with zero attached hydrogens (tertiary/aromatic N) is 2. The van der Waals surface area contributed by atoms with Crippen molar-refractivity contribution in [2.24, 2.45) is 0 Å². The van der Waals surface area contributed by atoms with Crippen LogP contribution in [0.2, 0.25) is 0 Å². The third kappa shape index (κ3) is 3.43. The van der Waals surface area contributed by atoms with Crippen LogP contribution in [0.5, 0.6) is 0 Å². The van der Waals surface area contributed by atoms with Gasteiger partial charge in [-0.1, -0.05) is 6.07 Å². The normalized spacial score (nSPS) is 20.1. The lowest BCUT2D eigenvalue weighted by atomic mass is 10.0. The predicted octanol–water partition coefficient (Wildman–Crippen LogP) is 3.09. The number of hydrogen-bond acceptors (Lipinski definition) is 3. The van der Waals surface area contributed by atoms with Gasteiger partial charge in [-0.3, -0.25) is 10.00 Å². The van der Waals surface area contributed by atoms with Crippen molar-refractivity contribution < 1.29 is 13.9 Å². The molecule has 0 spiro atoms. The van der Waals surface area contributed by atoms with Gasteiger partial charge in [0, 0.05) is 18.2 Å². The number of nitrogens with one attached hydrogen (secondary N) is 1. The summed E-state index contributed by atoms with van der Waals surface area (Å²) >= 11 is 0. The van der Waals surface area contributed by atoms with Crippen molar-refractivity contribution >= 4 is 0 Å². The zero-order valence-electron chi connectivity index (χ0n) is 13.1. The number of aliphatic hydroxyl groups is 1. The van der Waals surface area contributed by atoms with Crippen LogP contribution < -0.4 is 0 Å². The van der Waals surface area contributed by atoms with Crippen LogP contribution in [0.4, 0.5) is 8.78 Å². The van der Waals surface area contributed by atoms with Crippen LogP contribution in [0.1, 0.15) is 31.7 Å². The highest BCUT2D eigenvalue weighted by atomic mass is 19.1. The molecule has 124 valence electrons. The highest BCUT2D eigenvalue weighted by Crippen LogP contribution is 2.30. The van der Waals surface area contributed by atoms with Gasteiger partial charge in [0.2, 0.25) is 0 Å². The molecule has 2 aromatic rings. The minimum Gasteiger partial charge on any atom is -0.393 e. The van der Waals surface area contributed by atoms with Crippen LogP contribution in [0, 0.1) is 11.6 Å². The van der Waals surface area contributed by atoms with Crippen LogP contribution in [-0.2, 0) is 6.54 Å². The molecule has 0 radical (unpaired) electrons. The van der Waals surface area contributed by atoms with E-state index in [1.807, 2.05) is 0 Å². The number of benzene rings is 1. The molecule has 0 saturated carbocycles. The van der Waals surface area contributed by atoms with E-state index in [9.17, 15) is 13.9 Å². The molecule has 1 aliphatic rings. The van der Waals surface area contributed by atoms with Gasteiger partial charge in [-0.15, -0.1) is 0 Å². The van der Waals surface area contributed by atoms with E-state index < -0.39 is 11.6 Å². The highest BCUT2D eigenvalue weighted by Gasteiger charge is 2.27. The summed E-state index contributed by atoms with van der Waals surface area (Å²) in [4.78, 5) is 2.25. The second kappa shape index (κ2) is 6.76. The molecule has 2 atom stereocenters. The van der Waals surface area contributed by atoms with E-state index in [1.165, 1.54) is 18.2 Å². The van der Waals surface area contributed by atoms with E-state index in [0.29, 0.717) is 24.7 Å². The van der Waals surface area contributed by atoms with Crippen LogP contribution in [0.25, 0.3) is 11.3 Å². The first kappa shape index (κ1) is 16.1. The molecule has 1 aromatic carbocycles. The van der Waals surface area contributed by atoms with Gasteiger partial charge in [-0.25, -0.2) is 8.78 Å². The van der Waals surface area contributed by atoms with E-state index in [-0.39, 0.29) is 11.7 Å². The molecule has 23 heavy (non-hydrogen) atoms. The lowest BCUT2D eigenvalue weighted by Crippen LogP contribution is -2.31. The summed E-state index contributed by atoms with van der Waals surface area (Å²) in [5.41, 5.74) is 1.10. The largest absolute Gasteiger partial charge is 0.393 e. The number of likely N-dealkylation sites (tertiary alicyclic amines) is 1. The van der Waals surface area contributed by atoms with Gasteiger partial charge in [-0.05, 0) is 44.9 Å². The average Bonchev–Trinajstić information content (AvgIpc) is 3.09. The molecule has 2 N–H and O–H groups in total. The second-order valence-corrected chi connectivity index (χ2v) is 6.22. The molecule has 0 amide bonds. The molecular formula is C17H21F2N3O. The summed E-state index contributed by atoms with van der Waals surface area (Å²) in [7, 11) is 0. The van der Waals surface area contributed by atoms with Crippen LogP contribution in [0.3, 0.4) is 0 Å². The molecule has 2 heterocycles. The first-order chi connectivity index (χ1) is 11.1. The Kier molecular flexibility index (Phi) is 4.73. The maximum absolute atomic E-state index is 14.0. The molecule has 3 rings (SSSR count).